The lowest BCUT2D eigenvalue weighted by atomic mass is 10.1. The maximum atomic E-state index is 14.2. The lowest BCUT2D eigenvalue weighted by molar-refractivity contribution is 0.408. The smallest absolute Gasteiger partial charge is 0.179 e. The average molecular weight is 336 g/mol. The third-order valence-corrected chi connectivity index (χ3v) is 3.79. The zero-order chi connectivity index (χ0) is 16.4. The molecule has 0 fully saturated rings. The summed E-state index contributed by atoms with van der Waals surface area (Å²) in [6.45, 7) is 2.37. The van der Waals surface area contributed by atoms with Gasteiger partial charge >= 0.3 is 0 Å². The lowest BCUT2D eigenvalue weighted by Crippen LogP contribution is -2.07. The van der Waals surface area contributed by atoms with Crippen LogP contribution < -0.4 is 10.1 Å². The molecule has 0 aliphatic heterocycles. The molecule has 23 heavy (non-hydrogen) atoms. The van der Waals surface area contributed by atoms with Gasteiger partial charge in [-0.05, 0) is 25.5 Å². The quantitative estimate of drug-likeness (QED) is 0.714. The molecule has 2 heterocycles. The predicted molar refractivity (Wildman–Crippen MR) is 86.7 cm³/mol. The van der Waals surface area contributed by atoms with Gasteiger partial charge in [-0.25, -0.2) is 14.4 Å². The standard InChI is InChI=1S/C16H15ClFN3O2/c1-9-10(5-6-19-14-7-13(17)20-8-21-14)15-11(18)3-4-12(22-2)16(15)23-9/h3-4,7-8H,5-6H2,1-2H3,(H,19,20,21). The van der Waals surface area contributed by atoms with Crippen LogP contribution in [0.2, 0.25) is 5.15 Å². The topological polar surface area (TPSA) is 60.2 Å². The highest BCUT2D eigenvalue weighted by Gasteiger charge is 2.18. The number of ether oxygens (including phenoxy) is 1. The summed E-state index contributed by atoms with van der Waals surface area (Å²) in [7, 11) is 1.53. The van der Waals surface area contributed by atoms with Gasteiger partial charge in [0, 0.05) is 18.2 Å². The van der Waals surface area contributed by atoms with Crippen LogP contribution in [0.5, 0.6) is 5.75 Å². The Hall–Kier alpha value is -2.34. The molecule has 1 N–H and O–H groups in total. The van der Waals surface area contributed by atoms with E-state index in [-0.39, 0.29) is 5.82 Å². The zero-order valence-corrected chi connectivity index (χ0v) is 13.4. The van der Waals surface area contributed by atoms with Crippen LogP contribution in [0.3, 0.4) is 0 Å². The van der Waals surface area contributed by atoms with Gasteiger partial charge in [0.05, 0.1) is 12.5 Å². The van der Waals surface area contributed by atoms with Crippen molar-refractivity contribution in [2.75, 3.05) is 19.0 Å². The van der Waals surface area contributed by atoms with Gasteiger partial charge in [0.1, 0.15) is 28.9 Å². The third-order valence-electron chi connectivity index (χ3n) is 3.59. The van der Waals surface area contributed by atoms with E-state index in [2.05, 4.69) is 15.3 Å². The molecule has 0 radical (unpaired) electrons. The Morgan fingerprint density at radius 3 is 2.91 bits per heavy atom. The first-order valence-corrected chi connectivity index (χ1v) is 7.44. The van der Waals surface area contributed by atoms with E-state index < -0.39 is 0 Å². The molecule has 0 amide bonds. The summed E-state index contributed by atoms with van der Waals surface area (Å²) in [5, 5.41) is 3.96. The van der Waals surface area contributed by atoms with Crippen molar-refractivity contribution in [2.45, 2.75) is 13.3 Å². The molecular weight excluding hydrogens is 321 g/mol. The number of methoxy groups -OCH3 is 1. The van der Waals surface area contributed by atoms with E-state index >= 15 is 0 Å². The van der Waals surface area contributed by atoms with Crippen molar-refractivity contribution in [3.8, 4) is 5.75 Å². The van der Waals surface area contributed by atoms with Crippen molar-refractivity contribution in [3.63, 3.8) is 0 Å². The van der Waals surface area contributed by atoms with Crippen LogP contribution >= 0.6 is 11.6 Å². The number of nitrogens with zero attached hydrogens (tertiary/aromatic N) is 2. The Balaban J connectivity index is 1.84. The van der Waals surface area contributed by atoms with Gasteiger partial charge in [0.25, 0.3) is 0 Å². The van der Waals surface area contributed by atoms with E-state index in [1.807, 2.05) is 6.92 Å². The van der Waals surface area contributed by atoms with Crippen molar-refractivity contribution in [3.05, 3.63) is 46.8 Å². The number of nitrogens with one attached hydrogen (secondary N) is 1. The number of aromatic nitrogens is 2. The molecule has 120 valence electrons. The number of rotatable bonds is 5. The summed E-state index contributed by atoms with van der Waals surface area (Å²) in [6.07, 6.45) is 1.96. The van der Waals surface area contributed by atoms with Crippen molar-refractivity contribution in [1.82, 2.24) is 9.97 Å². The fraction of sp³-hybridized carbons (Fsp3) is 0.250. The van der Waals surface area contributed by atoms with Crippen LogP contribution in [0.25, 0.3) is 11.0 Å². The molecule has 1 aromatic carbocycles. The number of halogens is 2. The normalized spacial score (nSPS) is 11.0. The fourth-order valence-electron chi connectivity index (χ4n) is 2.52. The van der Waals surface area contributed by atoms with Crippen molar-refractivity contribution in [2.24, 2.45) is 0 Å². The maximum absolute atomic E-state index is 14.2. The monoisotopic (exact) mass is 335 g/mol. The molecule has 5 nitrogen and oxygen atoms in total. The van der Waals surface area contributed by atoms with Crippen molar-refractivity contribution < 1.29 is 13.5 Å². The molecular formula is C16H15ClFN3O2. The number of hydrogen-bond acceptors (Lipinski definition) is 5. The van der Waals surface area contributed by atoms with Crippen LogP contribution in [-0.4, -0.2) is 23.6 Å². The average Bonchev–Trinajstić information content (AvgIpc) is 2.86. The van der Waals surface area contributed by atoms with Crippen LogP contribution in [0.15, 0.2) is 28.9 Å². The number of furan rings is 1. The van der Waals surface area contributed by atoms with Gasteiger partial charge in [-0.2, -0.15) is 0 Å². The Morgan fingerprint density at radius 1 is 1.35 bits per heavy atom. The van der Waals surface area contributed by atoms with Crippen LogP contribution in [0.1, 0.15) is 11.3 Å². The van der Waals surface area contributed by atoms with Gasteiger partial charge in [-0.1, -0.05) is 11.6 Å². The summed E-state index contributed by atoms with van der Waals surface area (Å²) >= 11 is 5.81. The van der Waals surface area contributed by atoms with Crippen LogP contribution in [0.4, 0.5) is 10.2 Å². The number of fused-ring (bicyclic) bond motifs is 1. The predicted octanol–water partition coefficient (Wildman–Crippen LogP) is 3.99. The highest BCUT2D eigenvalue weighted by Crippen LogP contribution is 2.34. The number of benzene rings is 1. The number of anilines is 1. The molecule has 3 rings (SSSR count). The minimum Gasteiger partial charge on any atom is -0.493 e. The van der Waals surface area contributed by atoms with Gasteiger partial charge in [0.2, 0.25) is 0 Å². The zero-order valence-electron chi connectivity index (χ0n) is 12.7. The second-order valence-corrected chi connectivity index (χ2v) is 5.38. The summed E-state index contributed by atoms with van der Waals surface area (Å²) in [4.78, 5) is 7.88. The SMILES string of the molecule is COc1ccc(F)c2c(CCNc3cc(Cl)ncn3)c(C)oc12. The van der Waals surface area contributed by atoms with Crippen molar-refractivity contribution in [1.29, 1.82) is 0 Å². The fourth-order valence-corrected chi connectivity index (χ4v) is 2.67. The molecule has 0 saturated carbocycles. The van der Waals surface area contributed by atoms with Gasteiger partial charge in [0.15, 0.2) is 11.3 Å². The van der Waals surface area contributed by atoms with Gasteiger partial charge < -0.3 is 14.5 Å². The van der Waals surface area contributed by atoms with E-state index in [1.54, 1.807) is 12.1 Å². The second kappa shape index (κ2) is 6.42. The van der Waals surface area contributed by atoms with E-state index in [4.69, 9.17) is 20.8 Å². The van der Waals surface area contributed by atoms with E-state index in [0.717, 1.165) is 5.56 Å². The summed E-state index contributed by atoms with van der Waals surface area (Å²) < 4.78 is 25.1. The molecule has 2 aromatic heterocycles. The Labute approximate surface area is 137 Å². The van der Waals surface area contributed by atoms with Crippen LogP contribution in [-0.2, 0) is 6.42 Å². The molecule has 0 aliphatic carbocycles. The number of hydrogen-bond donors (Lipinski definition) is 1. The van der Waals surface area contributed by atoms with E-state index in [1.165, 1.54) is 19.5 Å². The second-order valence-electron chi connectivity index (χ2n) is 4.99. The minimum absolute atomic E-state index is 0.322. The summed E-state index contributed by atoms with van der Waals surface area (Å²) in [5.41, 5.74) is 1.24. The molecule has 0 aliphatic rings. The first kappa shape index (κ1) is 15.6. The van der Waals surface area contributed by atoms with E-state index in [9.17, 15) is 4.39 Å². The molecule has 7 heteroatoms. The van der Waals surface area contributed by atoms with Gasteiger partial charge in [-0.15, -0.1) is 0 Å². The van der Waals surface area contributed by atoms with Crippen LogP contribution in [0, 0.1) is 12.7 Å². The Bertz CT molecular complexity index is 851. The Kier molecular flexibility index (Phi) is 4.34. The summed E-state index contributed by atoms with van der Waals surface area (Å²) in [5.74, 6) is 1.49. The molecule has 0 bridgehead atoms. The first-order chi connectivity index (χ1) is 11.1. The lowest BCUT2D eigenvalue weighted by Gasteiger charge is -2.06. The number of aryl methyl sites for hydroxylation is 1. The van der Waals surface area contributed by atoms with Gasteiger partial charge in [-0.3, -0.25) is 0 Å². The molecule has 0 saturated heterocycles. The molecule has 0 spiro atoms. The van der Waals surface area contributed by atoms with E-state index in [0.29, 0.717) is 46.4 Å². The molecule has 0 atom stereocenters. The third kappa shape index (κ3) is 3.07. The molecule has 3 aromatic rings. The highest BCUT2D eigenvalue weighted by molar-refractivity contribution is 6.29. The molecule has 0 unspecified atom stereocenters. The summed E-state index contributed by atoms with van der Waals surface area (Å²) in [6, 6.07) is 4.58. The highest BCUT2D eigenvalue weighted by atomic mass is 35.5. The van der Waals surface area contributed by atoms with Crippen molar-refractivity contribution >= 4 is 28.4 Å². The first-order valence-electron chi connectivity index (χ1n) is 7.06. The minimum atomic E-state index is -0.322. The largest absolute Gasteiger partial charge is 0.493 e. The Morgan fingerprint density at radius 2 is 2.17 bits per heavy atom. The maximum Gasteiger partial charge on any atom is 0.179 e.